The van der Waals surface area contributed by atoms with Gasteiger partial charge in [-0.1, -0.05) is 36.4 Å². The maximum absolute atomic E-state index is 7.52. The molecule has 0 amide bonds. The van der Waals surface area contributed by atoms with Gasteiger partial charge in [0.15, 0.2) is 0 Å². The third kappa shape index (κ3) is 3.18. The molecule has 0 spiro atoms. The van der Waals surface area contributed by atoms with Gasteiger partial charge in [-0.2, -0.15) is 0 Å². The van der Waals surface area contributed by atoms with Crippen LogP contribution >= 0.6 is 0 Å². The van der Waals surface area contributed by atoms with Crippen molar-refractivity contribution in [3.05, 3.63) is 65.2 Å². The number of nitrogens with two attached hydrogens (primary N) is 1. The van der Waals surface area contributed by atoms with E-state index in [1.165, 1.54) is 16.8 Å². The van der Waals surface area contributed by atoms with E-state index in [1.807, 2.05) is 18.2 Å². The lowest BCUT2D eigenvalue weighted by atomic mass is 10.1. The molecular weight excluding hydrogens is 246 g/mol. The van der Waals surface area contributed by atoms with Gasteiger partial charge in [0.2, 0.25) is 0 Å². The Morgan fingerprint density at radius 3 is 2.55 bits per heavy atom. The van der Waals surface area contributed by atoms with Crippen molar-refractivity contribution in [2.75, 3.05) is 11.4 Å². The van der Waals surface area contributed by atoms with E-state index >= 15 is 0 Å². The van der Waals surface area contributed by atoms with Crippen LogP contribution in [0.1, 0.15) is 23.6 Å². The molecule has 20 heavy (non-hydrogen) atoms. The molecule has 3 nitrogen and oxygen atoms in total. The minimum Gasteiger partial charge on any atom is -0.384 e. The molecule has 0 fully saturated rings. The Hall–Kier alpha value is -2.29. The van der Waals surface area contributed by atoms with Crippen molar-refractivity contribution >= 4 is 11.5 Å². The minimum absolute atomic E-state index is 0.116. The van der Waals surface area contributed by atoms with Crippen LogP contribution < -0.4 is 10.6 Å². The van der Waals surface area contributed by atoms with Gasteiger partial charge in [0.05, 0.1) is 0 Å². The van der Waals surface area contributed by atoms with E-state index in [9.17, 15) is 0 Å². The Balaban J connectivity index is 2.25. The highest BCUT2D eigenvalue weighted by atomic mass is 15.1. The molecule has 0 aromatic heterocycles. The summed E-state index contributed by atoms with van der Waals surface area (Å²) in [6.07, 6.45) is 0. The second-order valence-corrected chi connectivity index (χ2v) is 4.91. The molecule has 0 saturated carbocycles. The molecule has 3 N–H and O–H groups in total. The van der Waals surface area contributed by atoms with Crippen molar-refractivity contribution in [1.29, 1.82) is 5.41 Å². The van der Waals surface area contributed by atoms with Crippen molar-refractivity contribution in [2.24, 2.45) is 5.73 Å². The highest BCUT2D eigenvalue weighted by Gasteiger charge is 2.08. The fourth-order valence-electron chi connectivity index (χ4n) is 2.34. The van der Waals surface area contributed by atoms with E-state index in [4.69, 9.17) is 11.1 Å². The van der Waals surface area contributed by atoms with Crippen LogP contribution in [0.4, 0.5) is 5.69 Å². The average molecular weight is 267 g/mol. The highest BCUT2D eigenvalue weighted by molar-refractivity contribution is 5.95. The molecule has 2 aromatic carbocycles. The lowest BCUT2D eigenvalue weighted by Crippen LogP contribution is -2.23. The number of nitrogens with one attached hydrogen (secondary N) is 1. The first-order chi connectivity index (χ1) is 9.61. The maximum Gasteiger partial charge on any atom is 0.122 e. The first-order valence-electron chi connectivity index (χ1n) is 6.85. The van der Waals surface area contributed by atoms with Gasteiger partial charge >= 0.3 is 0 Å². The van der Waals surface area contributed by atoms with Crippen LogP contribution in [-0.2, 0) is 6.54 Å². The van der Waals surface area contributed by atoms with Gasteiger partial charge in [-0.3, -0.25) is 5.41 Å². The number of nitrogen functional groups attached to an aromatic ring is 1. The lowest BCUT2D eigenvalue weighted by Gasteiger charge is -2.25. The average Bonchev–Trinajstić information content (AvgIpc) is 2.46. The molecule has 0 aliphatic heterocycles. The second-order valence-electron chi connectivity index (χ2n) is 4.91. The predicted molar refractivity (Wildman–Crippen MR) is 85.4 cm³/mol. The number of anilines is 1. The second kappa shape index (κ2) is 6.24. The van der Waals surface area contributed by atoms with E-state index < -0.39 is 0 Å². The van der Waals surface area contributed by atoms with Crippen molar-refractivity contribution in [3.8, 4) is 0 Å². The molecule has 0 heterocycles. The number of amidine groups is 1. The van der Waals surface area contributed by atoms with Crippen LogP contribution in [0.15, 0.2) is 48.5 Å². The van der Waals surface area contributed by atoms with Crippen molar-refractivity contribution in [3.63, 3.8) is 0 Å². The molecule has 2 aromatic rings. The molecule has 0 unspecified atom stereocenters. The number of benzene rings is 2. The summed E-state index contributed by atoms with van der Waals surface area (Å²) in [5, 5.41) is 7.52. The predicted octanol–water partition coefficient (Wildman–Crippen LogP) is 3.31. The summed E-state index contributed by atoms with van der Waals surface area (Å²) in [5.74, 6) is 0.116. The first kappa shape index (κ1) is 14.1. The van der Waals surface area contributed by atoms with Crippen LogP contribution in [0.25, 0.3) is 0 Å². The number of hydrogen-bond donors (Lipinski definition) is 2. The summed E-state index contributed by atoms with van der Waals surface area (Å²) >= 11 is 0. The van der Waals surface area contributed by atoms with Gasteiger partial charge in [-0.05, 0) is 37.1 Å². The third-order valence-electron chi connectivity index (χ3n) is 3.45. The van der Waals surface area contributed by atoms with Gasteiger partial charge in [-0.25, -0.2) is 0 Å². The maximum atomic E-state index is 7.52. The van der Waals surface area contributed by atoms with Crippen LogP contribution in [0, 0.1) is 12.3 Å². The van der Waals surface area contributed by atoms with E-state index in [0.29, 0.717) is 0 Å². The zero-order valence-electron chi connectivity index (χ0n) is 12.1. The fraction of sp³-hybridized carbons (Fsp3) is 0.235. The zero-order chi connectivity index (χ0) is 14.5. The SMILES string of the molecule is CCN(Cc1cccc(C(=N)N)c1)c1ccccc1C. The summed E-state index contributed by atoms with van der Waals surface area (Å²) in [7, 11) is 0. The number of hydrogen-bond acceptors (Lipinski definition) is 2. The number of aryl methyl sites for hydroxylation is 1. The van der Waals surface area contributed by atoms with Gasteiger partial charge in [0.25, 0.3) is 0 Å². The number of para-hydroxylation sites is 1. The Labute approximate surface area is 120 Å². The molecule has 3 heteroatoms. The van der Waals surface area contributed by atoms with E-state index in [-0.39, 0.29) is 5.84 Å². The summed E-state index contributed by atoms with van der Waals surface area (Å²) in [6.45, 7) is 6.04. The quantitative estimate of drug-likeness (QED) is 0.645. The molecule has 0 aliphatic carbocycles. The molecule has 0 aliphatic rings. The van der Waals surface area contributed by atoms with Crippen molar-refractivity contribution in [2.45, 2.75) is 20.4 Å². The molecule has 0 atom stereocenters. The van der Waals surface area contributed by atoms with E-state index in [2.05, 4.69) is 49.1 Å². The summed E-state index contributed by atoms with van der Waals surface area (Å²) in [4.78, 5) is 2.33. The van der Waals surface area contributed by atoms with Crippen LogP contribution in [0.3, 0.4) is 0 Å². The van der Waals surface area contributed by atoms with Gasteiger partial charge in [-0.15, -0.1) is 0 Å². The fourth-order valence-corrected chi connectivity index (χ4v) is 2.34. The number of nitrogens with zero attached hydrogens (tertiary/aromatic N) is 1. The van der Waals surface area contributed by atoms with Crippen LogP contribution in [0.5, 0.6) is 0 Å². The van der Waals surface area contributed by atoms with E-state index in [1.54, 1.807) is 0 Å². The summed E-state index contributed by atoms with van der Waals surface area (Å²) < 4.78 is 0. The normalized spacial score (nSPS) is 10.3. The van der Waals surface area contributed by atoms with Gasteiger partial charge in [0, 0.05) is 24.3 Å². The van der Waals surface area contributed by atoms with Crippen LogP contribution in [0.2, 0.25) is 0 Å². The Morgan fingerprint density at radius 2 is 1.90 bits per heavy atom. The molecule has 0 radical (unpaired) electrons. The van der Waals surface area contributed by atoms with Crippen molar-refractivity contribution in [1.82, 2.24) is 0 Å². The lowest BCUT2D eigenvalue weighted by molar-refractivity contribution is 0.828. The van der Waals surface area contributed by atoms with E-state index in [0.717, 1.165) is 18.7 Å². The molecule has 2 rings (SSSR count). The van der Waals surface area contributed by atoms with Gasteiger partial charge in [0.1, 0.15) is 5.84 Å². The van der Waals surface area contributed by atoms with Crippen LogP contribution in [-0.4, -0.2) is 12.4 Å². The van der Waals surface area contributed by atoms with Gasteiger partial charge < -0.3 is 10.6 Å². The zero-order valence-corrected chi connectivity index (χ0v) is 12.1. The van der Waals surface area contributed by atoms with Crippen molar-refractivity contribution < 1.29 is 0 Å². The smallest absolute Gasteiger partial charge is 0.122 e. The summed E-state index contributed by atoms with van der Waals surface area (Å²) in [6, 6.07) is 16.3. The molecule has 0 saturated heterocycles. The Kier molecular flexibility index (Phi) is 4.41. The largest absolute Gasteiger partial charge is 0.384 e. The minimum atomic E-state index is 0.116. The molecule has 0 bridgehead atoms. The Bertz CT molecular complexity index is 605. The highest BCUT2D eigenvalue weighted by Crippen LogP contribution is 2.21. The monoisotopic (exact) mass is 267 g/mol. The topological polar surface area (TPSA) is 53.1 Å². The first-order valence-corrected chi connectivity index (χ1v) is 6.85. The molecular formula is C17H21N3. The summed E-state index contributed by atoms with van der Waals surface area (Å²) in [5.41, 5.74) is 10.0. The molecule has 104 valence electrons. The third-order valence-corrected chi connectivity index (χ3v) is 3.45. The standard InChI is InChI=1S/C17H21N3/c1-3-20(16-10-5-4-7-13(16)2)12-14-8-6-9-15(11-14)17(18)19/h4-11H,3,12H2,1-2H3,(H3,18,19). The number of rotatable bonds is 5. The Morgan fingerprint density at radius 1 is 1.15 bits per heavy atom.